The van der Waals surface area contributed by atoms with Gasteiger partial charge in [-0.2, -0.15) is 0 Å². The maximum absolute atomic E-state index is 12.8. The van der Waals surface area contributed by atoms with Gasteiger partial charge in [0.15, 0.2) is 0 Å². The molecule has 1 saturated heterocycles. The van der Waals surface area contributed by atoms with Crippen LogP contribution >= 0.6 is 0 Å². The summed E-state index contributed by atoms with van der Waals surface area (Å²) in [5.41, 5.74) is 2.15. The van der Waals surface area contributed by atoms with Gasteiger partial charge in [-0.25, -0.2) is 9.97 Å². The van der Waals surface area contributed by atoms with Gasteiger partial charge < -0.3 is 14.1 Å². The number of ether oxygens (including phenoxy) is 1. The van der Waals surface area contributed by atoms with Gasteiger partial charge in [-0.05, 0) is 44.0 Å². The normalized spacial score (nSPS) is 16.8. The summed E-state index contributed by atoms with van der Waals surface area (Å²) in [6.07, 6.45) is 4.94. The number of nitrogens with zero attached hydrogens (tertiary/aromatic N) is 5. The van der Waals surface area contributed by atoms with E-state index >= 15 is 0 Å². The third kappa shape index (κ3) is 3.58. The SMILES string of the molecule is COc1ccc(C(=O)N2CCC[C@H](c3nnc(-c4cncnc4C)o3)C2)cc1. The van der Waals surface area contributed by atoms with Gasteiger partial charge >= 0.3 is 0 Å². The third-order valence-electron chi connectivity index (χ3n) is 4.98. The average molecular weight is 379 g/mol. The molecule has 1 aromatic carbocycles. The molecule has 3 heterocycles. The van der Waals surface area contributed by atoms with Crippen molar-refractivity contribution in [2.24, 2.45) is 0 Å². The number of rotatable bonds is 4. The molecule has 1 aliphatic heterocycles. The molecule has 8 nitrogen and oxygen atoms in total. The van der Waals surface area contributed by atoms with Gasteiger partial charge in [0.2, 0.25) is 5.89 Å². The highest BCUT2D eigenvalue weighted by Gasteiger charge is 2.29. The first kappa shape index (κ1) is 18.1. The molecule has 28 heavy (non-hydrogen) atoms. The standard InChI is InChI=1S/C20H21N5O3/c1-13-17(10-21-12-22-13)19-24-23-18(28-19)15-4-3-9-25(11-15)20(26)14-5-7-16(27-2)8-6-14/h5-8,10,12,15H,3-4,9,11H2,1-2H3/t15-/m0/s1. The van der Waals surface area contributed by atoms with E-state index in [0.717, 1.165) is 29.8 Å². The minimum atomic E-state index is -0.000560. The summed E-state index contributed by atoms with van der Waals surface area (Å²) in [5.74, 6) is 1.70. The predicted octanol–water partition coefficient (Wildman–Crippen LogP) is 2.86. The number of aromatic nitrogens is 4. The van der Waals surface area contributed by atoms with E-state index in [-0.39, 0.29) is 11.8 Å². The van der Waals surface area contributed by atoms with Crippen molar-refractivity contribution in [3.05, 3.63) is 53.9 Å². The van der Waals surface area contributed by atoms with Crippen molar-refractivity contribution in [2.75, 3.05) is 20.2 Å². The van der Waals surface area contributed by atoms with E-state index in [2.05, 4.69) is 20.2 Å². The number of carbonyl (C=O) groups excluding carboxylic acids is 1. The molecule has 0 unspecified atom stereocenters. The average Bonchev–Trinajstić information content (AvgIpc) is 3.24. The van der Waals surface area contributed by atoms with Crippen molar-refractivity contribution in [3.8, 4) is 17.2 Å². The summed E-state index contributed by atoms with van der Waals surface area (Å²) < 4.78 is 11.1. The highest BCUT2D eigenvalue weighted by Crippen LogP contribution is 2.29. The maximum atomic E-state index is 12.8. The van der Waals surface area contributed by atoms with Gasteiger partial charge in [0.1, 0.15) is 12.1 Å². The van der Waals surface area contributed by atoms with Gasteiger partial charge in [0.25, 0.3) is 11.8 Å². The third-order valence-corrected chi connectivity index (χ3v) is 4.98. The van der Waals surface area contributed by atoms with Crippen LogP contribution in [0.5, 0.6) is 5.75 Å². The van der Waals surface area contributed by atoms with Crippen LogP contribution in [0.2, 0.25) is 0 Å². The number of aryl methyl sites for hydroxylation is 1. The lowest BCUT2D eigenvalue weighted by Gasteiger charge is -2.31. The van der Waals surface area contributed by atoms with Crippen LogP contribution in [0.4, 0.5) is 0 Å². The fraction of sp³-hybridized carbons (Fsp3) is 0.350. The smallest absolute Gasteiger partial charge is 0.253 e. The lowest BCUT2D eigenvalue weighted by Crippen LogP contribution is -2.39. The molecule has 1 amide bonds. The number of hydrogen-bond donors (Lipinski definition) is 0. The van der Waals surface area contributed by atoms with Crippen molar-refractivity contribution in [1.82, 2.24) is 25.1 Å². The van der Waals surface area contributed by atoms with Gasteiger partial charge in [-0.15, -0.1) is 10.2 Å². The van der Waals surface area contributed by atoms with Gasteiger partial charge in [-0.1, -0.05) is 0 Å². The van der Waals surface area contributed by atoms with E-state index in [1.54, 1.807) is 37.6 Å². The molecule has 2 aromatic heterocycles. The van der Waals surface area contributed by atoms with Crippen molar-refractivity contribution >= 4 is 5.91 Å². The van der Waals surface area contributed by atoms with Crippen molar-refractivity contribution in [3.63, 3.8) is 0 Å². The number of methoxy groups -OCH3 is 1. The molecule has 144 valence electrons. The zero-order valence-electron chi connectivity index (χ0n) is 15.8. The summed E-state index contributed by atoms with van der Waals surface area (Å²) in [6, 6.07) is 7.16. The molecular weight excluding hydrogens is 358 g/mol. The van der Waals surface area contributed by atoms with E-state index in [9.17, 15) is 4.79 Å². The Morgan fingerprint density at radius 2 is 2.07 bits per heavy atom. The molecule has 0 bridgehead atoms. The van der Waals surface area contributed by atoms with Gasteiger partial charge in [0, 0.05) is 24.8 Å². The van der Waals surface area contributed by atoms with Crippen LogP contribution in [0.3, 0.4) is 0 Å². The number of likely N-dealkylation sites (tertiary alicyclic amines) is 1. The molecule has 1 atom stereocenters. The first-order chi connectivity index (χ1) is 13.7. The van der Waals surface area contributed by atoms with Crippen LogP contribution in [0, 0.1) is 6.92 Å². The minimum absolute atomic E-state index is 0.000560. The molecule has 0 saturated carbocycles. The summed E-state index contributed by atoms with van der Waals surface area (Å²) >= 11 is 0. The highest BCUT2D eigenvalue weighted by atomic mass is 16.5. The Morgan fingerprint density at radius 3 is 2.82 bits per heavy atom. The molecular formula is C20H21N5O3. The number of carbonyl (C=O) groups is 1. The second kappa shape index (κ2) is 7.75. The predicted molar refractivity (Wildman–Crippen MR) is 101 cm³/mol. The van der Waals surface area contributed by atoms with Crippen molar-refractivity contribution in [2.45, 2.75) is 25.7 Å². The van der Waals surface area contributed by atoms with Crippen LogP contribution in [-0.4, -0.2) is 51.2 Å². The summed E-state index contributed by atoms with van der Waals surface area (Å²) in [4.78, 5) is 22.9. The van der Waals surface area contributed by atoms with Crippen LogP contribution in [0.1, 0.15) is 40.7 Å². The summed E-state index contributed by atoms with van der Waals surface area (Å²) in [7, 11) is 1.60. The number of amides is 1. The van der Waals surface area contributed by atoms with Crippen LogP contribution in [-0.2, 0) is 0 Å². The summed E-state index contributed by atoms with van der Waals surface area (Å²) in [6.45, 7) is 3.14. The molecule has 8 heteroatoms. The zero-order chi connectivity index (χ0) is 19.5. The van der Waals surface area contributed by atoms with Crippen molar-refractivity contribution in [1.29, 1.82) is 0 Å². The molecule has 0 radical (unpaired) electrons. The Balaban J connectivity index is 1.49. The Hall–Kier alpha value is -3.29. The van der Waals surface area contributed by atoms with Crippen LogP contribution in [0.25, 0.3) is 11.5 Å². The first-order valence-corrected chi connectivity index (χ1v) is 9.19. The first-order valence-electron chi connectivity index (χ1n) is 9.19. The quantitative estimate of drug-likeness (QED) is 0.688. The number of benzene rings is 1. The highest BCUT2D eigenvalue weighted by molar-refractivity contribution is 5.94. The van der Waals surface area contributed by atoms with Gasteiger partial charge in [0.05, 0.1) is 24.3 Å². The number of piperidine rings is 1. The fourth-order valence-corrected chi connectivity index (χ4v) is 3.39. The monoisotopic (exact) mass is 379 g/mol. The lowest BCUT2D eigenvalue weighted by atomic mass is 9.97. The van der Waals surface area contributed by atoms with E-state index in [0.29, 0.717) is 30.4 Å². The fourth-order valence-electron chi connectivity index (χ4n) is 3.39. The van der Waals surface area contributed by atoms with E-state index in [1.165, 1.54) is 6.33 Å². The van der Waals surface area contributed by atoms with Crippen molar-refractivity contribution < 1.29 is 13.9 Å². The Labute approximate surface area is 162 Å². The second-order valence-electron chi connectivity index (χ2n) is 6.79. The Bertz CT molecular complexity index is 970. The van der Waals surface area contributed by atoms with E-state index in [1.807, 2.05) is 11.8 Å². The molecule has 4 rings (SSSR count). The van der Waals surface area contributed by atoms with E-state index < -0.39 is 0 Å². The Morgan fingerprint density at radius 1 is 1.25 bits per heavy atom. The molecule has 1 aliphatic rings. The van der Waals surface area contributed by atoms with Crippen LogP contribution < -0.4 is 4.74 Å². The lowest BCUT2D eigenvalue weighted by molar-refractivity contribution is 0.0698. The molecule has 0 spiro atoms. The van der Waals surface area contributed by atoms with E-state index in [4.69, 9.17) is 9.15 Å². The molecule has 0 aliphatic carbocycles. The number of hydrogen-bond acceptors (Lipinski definition) is 7. The van der Waals surface area contributed by atoms with Gasteiger partial charge in [-0.3, -0.25) is 4.79 Å². The molecule has 3 aromatic rings. The molecule has 0 N–H and O–H groups in total. The maximum Gasteiger partial charge on any atom is 0.253 e. The minimum Gasteiger partial charge on any atom is -0.497 e. The second-order valence-corrected chi connectivity index (χ2v) is 6.79. The Kier molecular flexibility index (Phi) is 5.01. The largest absolute Gasteiger partial charge is 0.497 e. The molecule has 1 fully saturated rings. The zero-order valence-corrected chi connectivity index (χ0v) is 15.8. The summed E-state index contributed by atoms with van der Waals surface area (Å²) in [5, 5.41) is 8.38. The van der Waals surface area contributed by atoms with Crippen LogP contribution in [0.15, 0.2) is 41.2 Å². The topological polar surface area (TPSA) is 94.2 Å².